The first kappa shape index (κ1) is 44.0. The van der Waals surface area contributed by atoms with Crippen LogP contribution in [0.3, 0.4) is 0 Å². The number of esters is 1. The first-order chi connectivity index (χ1) is 32.3. The molecule has 2 atom stereocenters. The van der Waals surface area contributed by atoms with Crippen LogP contribution in [0.1, 0.15) is 91.2 Å². The monoisotopic (exact) mass is 885 g/mol. The molecule has 338 valence electrons. The molecule has 2 unspecified atom stereocenters. The molecule has 0 bridgehead atoms. The second-order valence-corrected chi connectivity index (χ2v) is 16.7. The van der Waals surface area contributed by atoms with Crippen LogP contribution >= 0.6 is 0 Å². The Balaban J connectivity index is 1.04. The number of para-hydroxylation sites is 1. The molecule has 13 nitrogen and oxygen atoms in total. The van der Waals surface area contributed by atoms with Crippen LogP contribution in [0.5, 0.6) is 0 Å². The number of carbonyl (C=O) groups is 2. The molecule has 1 fully saturated rings. The summed E-state index contributed by atoms with van der Waals surface area (Å²) < 4.78 is 27.0. The van der Waals surface area contributed by atoms with Gasteiger partial charge in [0.2, 0.25) is 12.6 Å². The van der Waals surface area contributed by atoms with E-state index in [9.17, 15) is 9.59 Å². The first-order valence-electron chi connectivity index (χ1n) is 22.9. The van der Waals surface area contributed by atoms with Gasteiger partial charge < -0.3 is 33.7 Å². The van der Waals surface area contributed by atoms with Gasteiger partial charge in [0.1, 0.15) is 11.6 Å². The summed E-state index contributed by atoms with van der Waals surface area (Å²) in [4.78, 5) is 28.4. The van der Waals surface area contributed by atoms with E-state index < -0.39 is 30.3 Å². The Labute approximate surface area is 385 Å². The third kappa shape index (κ3) is 8.54. The molecule has 0 saturated heterocycles. The Bertz CT molecular complexity index is 2660. The number of tetrazole rings is 1. The van der Waals surface area contributed by atoms with Gasteiger partial charge in [-0.05, 0) is 103 Å². The van der Waals surface area contributed by atoms with Crippen molar-refractivity contribution in [1.82, 2.24) is 24.8 Å². The number of hydrogen-bond donors (Lipinski definition) is 1. The molecule has 3 heterocycles. The molecule has 13 heteroatoms. The van der Waals surface area contributed by atoms with Gasteiger partial charge in [-0.25, -0.2) is 14.3 Å². The Morgan fingerprint density at radius 2 is 1.42 bits per heavy atom. The van der Waals surface area contributed by atoms with Gasteiger partial charge >= 0.3 is 12.1 Å². The summed E-state index contributed by atoms with van der Waals surface area (Å²) >= 11 is 0. The van der Waals surface area contributed by atoms with Crippen molar-refractivity contribution >= 4 is 23.5 Å². The van der Waals surface area contributed by atoms with Crippen LogP contribution in [0.25, 0.3) is 22.6 Å². The number of nitrogens with zero attached hydrogens (tertiary/aromatic N) is 6. The van der Waals surface area contributed by atoms with E-state index in [2.05, 4.69) is 132 Å². The van der Waals surface area contributed by atoms with Crippen LogP contribution in [0.2, 0.25) is 0 Å². The zero-order chi connectivity index (χ0) is 45.6. The standard InChI is InChI=1S/C53H55N7O6/c1-5-58-36(3)34-45(49-55-56-57-60(49)53(40-20-11-7-12-21-40,41-22-13-8-14-23-41)42-24-15-9-16-25-42)47(58)39-32-30-38(31-33-39)35-59-48-44(28-19-29-46(48)54-51(59)63-6-2)50(61)64-37(4)65-52(62)66-43-26-17-10-18-27-43/h7-9,11-16,19-25,28-34,37,43,51,54H,5-6,10,17-18,26-27,35H2,1-4H3. The molecule has 1 saturated carbocycles. The topological polar surface area (TPSA) is 135 Å². The predicted octanol–water partition coefficient (Wildman–Crippen LogP) is 10.7. The highest BCUT2D eigenvalue weighted by atomic mass is 16.8. The van der Waals surface area contributed by atoms with Crippen LogP contribution in [-0.4, -0.2) is 62.3 Å². The summed E-state index contributed by atoms with van der Waals surface area (Å²) in [6.45, 7) is 9.26. The van der Waals surface area contributed by atoms with Crippen molar-refractivity contribution in [2.24, 2.45) is 0 Å². The number of benzene rings is 5. The van der Waals surface area contributed by atoms with Crippen molar-refractivity contribution < 1.29 is 28.5 Å². The third-order valence-electron chi connectivity index (χ3n) is 12.6. The first-order valence-corrected chi connectivity index (χ1v) is 22.9. The molecule has 9 rings (SSSR count). The van der Waals surface area contributed by atoms with E-state index >= 15 is 0 Å². The average Bonchev–Trinajstić information content (AvgIpc) is 4.06. The Kier molecular flexibility index (Phi) is 13.0. The summed E-state index contributed by atoms with van der Waals surface area (Å²) in [5, 5.41) is 17.5. The minimum absolute atomic E-state index is 0.178. The Hall–Kier alpha value is -7.25. The molecule has 66 heavy (non-hydrogen) atoms. The smallest absolute Gasteiger partial charge is 0.431 e. The number of aryl methyl sites for hydroxylation is 1. The lowest BCUT2D eigenvalue weighted by molar-refractivity contribution is -0.0914. The fourth-order valence-electron chi connectivity index (χ4n) is 9.65. The van der Waals surface area contributed by atoms with Gasteiger partial charge in [-0.1, -0.05) is 128 Å². The fourth-order valence-corrected chi connectivity index (χ4v) is 9.65. The summed E-state index contributed by atoms with van der Waals surface area (Å²) in [5.74, 6) is -0.00835. The van der Waals surface area contributed by atoms with Gasteiger partial charge in [0.05, 0.1) is 22.6 Å². The fraction of sp³-hybridized carbons (Fsp3) is 0.302. The molecule has 1 aliphatic heterocycles. The number of aromatic nitrogens is 5. The maximum absolute atomic E-state index is 13.8. The molecule has 7 aromatic rings. The van der Waals surface area contributed by atoms with E-state index in [1.54, 1.807) is 12.1 Å². The number of carbonyl (C=O) groups excluding carboxylic acids is 2. The van der Waals surface area contributed by atoms with Crippen molar-refractivity contribution in [1.29, 1.82) is 0 Å². The van der Waals surface area contributed by atoms with Gasteiger partial charge in [-0.2, -0.15) is 0 Å². The van der Waals surface area contributed by atoms with Crippen LogP contribution in [0.15, 0.2) is 140 Å². The second-order valence-electron chi connectivity index (χ2n) is 16.7. The Morgan fingerprint density at radius 1 is 0.788 bits per heavy atom. The maximum Gasteiger partial charge on any atom is 0.511 e. The van der Waals surface area contributed by atoms with E-state index in [4.69, 9.17) is 29.3 Å². The normalized spacial score (nSPS) is 15.5. The van der Waals surface area contributed by atoms with Crippen LogP contribution in [-0.2, 0) is 37.6 Å². The summed E-state index contributed by atoms with van der Waals surface area (Å²) in [6.07, 6.45) is 2.04. The van der Waals surface area contributed by atoms with E-state index in [1.165, 1.54) is 6.92 Å². The number of anilines is 2. The number of ether oxygens (including phenoxy) is 4. The van der Waals surface area contributed by atoms with Crippen molar-refractivity contribution in [3.05, 3.63) is 173 Å². The van der Waals surface area contributed by atoms with E-state index in [-0.39, 0.29) is 6.10 Å². The lowest BCUT2D eigenvalue weighted by Crippen LogP contribution is -2.39. The van der Waals surface area contributed by atoms with Crippen LogP contribution in [0, 0.1) is 6.92 Å². The Morgan fingerprint density at radius 3 is 2.03 bits per heavy atom. The van der Waals surface area contributed by atoms with Crippen molar-refractivity contribution in [2.45, 2.75) is 97.2 Å². The number of fused-ring (bicyclic) bond motifs is 1. The molecule has 5 aromatic carbocycles. The molecule has 1 aliphatic carbocycles. The third-order valence-corrected chi connectivity index (χ3v) is 12.6. The van der Waals surface area contributed by atoms with E-state index in [0.717, 1.165) is 89.1 Å². The van der Waals surface area contributed by atoms with Gasteiger partial charge in [0, 0.05) is 37.9 Å². The molecule has 0 radical (unpaired) electrons. The maximum atomic E-state index is 13.8. The molecule has 2 aliphatic rings. The number of hydrogen-bond acceptors (Lipinski definition) is 11. The van der Waals surface area contributed by atoms with Crippen molar-refractivity contribution in [3.8, 4) is 22.6 Å². The number of nitrogens with one attached hydrogen (secondary N) is 1. The molecule has 0 spiro atoms. The van der Waals surface area contributed by atoms with Crippen molar-refractivity contribution in [2.75, 3.05) is 16.8 Å². The highest BCUT2D eigenvalue weighted by molar-refractivity contribution is 6.01. The zero-order valence-corrected chi connectivity index (χ0v) is 37.8. The highest BCUT2D eigenvalue weighted by Crippen LogP contribution is 2.45. The summed E-state index contributed by atoms with van der Waals surface area (Å²) in [5.41, 5.74) is 8.74. The summed E-state index contributed by atoms with van der Waals surface area (Å²) in [6, 6.07) is 47.2. The van der Waals surface area contributed by atoms with Gasteiger partial charge in [0.15, 0.2) is 5.82 Å². The minimum atomic E-state index is -1.16. The largest absolute Gasteiger partial charge is 0.511 e. The second kappa shape index (κ2) is 19.5. The lowest BCUT2D eigenvalue weighted by Gasteiger charge is -2.36. The quantitative estimate of drug-likeness (QED) is 0.0599. The SMILES string of the molecule is CCOC1Nc2cccc(C(=O)OC(C)OC(=O)OC3CCCCC3)c2N1Cc1ccc(-c2c(-c3nnnn3C(c3ccccc3)(c3ccccc3)c3ccccc3)cc(C)n2CC)cc1. The van der Waals surface area contributed by atoms with E-state index in [0.29, 0.717) is 30.2 Å². The van der Waals surface area contributed by atoms with Crippen molar-refractivity contribution in [3.63, 3.8) is 0 Å². The van der Waals surface area contributed by atoms with Crippen LogP contribution < -0.4 is 10.2 Å². The highest BCUT2D eigenvalue weighted by Gasteiger charge is 2.43. The minimum Gasteiger partial charge on any atom is -0.431 e. The number of rotatable bonds is 15. The van der Waals surface area contributed by atoms with Gasteiger partial charge in [-0.15, -0.1) is 5.10 Å². The molecular formula is C53H55N7O6. The lowest BCUT2D eigenvalue weighted by atomic mass is 9.77. The predicted molar refractivity (Wildman–Crippen MR) is 253 cm³/mol. The zero-order valence-electron chi connectivity index (χ0n) is 37.8. The molecular weight excluding hydrogens is 831 g/mol. The average molecular weight is 886 g/mol. The van der Waals surface area contributed by atoms with E-state index in [1.807, 2.05) is 40.8 Å². The van der Waals surface area contributed by atoms with Crippen LogP contribution in [0.4, 0.5) is 16.2 Å². The van der Waals surface area contributed by atoms with Gasteiger partial charge in [0.25, 0.3) is 0 Å². The molecule has 0 amide bonds. The van der Waals surface area contributed by atoms with Gasteiger partial charge in [-0.3, -0.25) is 0 Å². The molecule has 1 N–H and O–H groups in total. The molecule has 2 aromatic heterocycles. The summed E-state index contributed by atoms with van der Waals surface area (Å²) in [7, 11) is 0.